The van der Waals surface area contributed by atoms with E-state index in [1.807, 2.05) is 44.2 Å². The van der Waals surface area contributed by atoms with Crippen molar-refractivity contribution < 1.29 is 9.90 Å². The Bertz CT molecular complexity index is 354. The topological polar surface area (TPSA) is 61.4 Å². The van der Waals surface area contributed by atoms with E-state index in [1.54, 1.807) is 0 Å². The molecule has 0 bridgehead atoms. The Labute approximate surface area is 108 Å². The average molecular weight is 250 g/mol. The molecule has 1 aromatic rings. The fourth-order valence-corrected chi connectivity index (χ4v) is 1.69. The number of aliphatic hydroxyl groups is 1. The van der Waals surface area contributed by atoms with Gasteiger partial charge in [-0.25, -0.2) is 0 Å². The van der Waals surface area contributed by atoms with Crippen LogP contribution in [0.15, 0.2) is 30.3 Å². The number of benzene rings is 1. The molecule has 4 heteroatoms. The van der Waals surface area contributed by atoms with Crippen molar-refractivity contribution in [1.82, 2.24) is 10.6 Å². The standard InChI is InChI=1S/C14H22N2O2/c1-3-15-9-11(2)14(18)16-13(10-17)12-7-5-4-6-8-12/h4-8,11,13,15,17H,3,9-10H2,1-2H3,(H,16,18). The predicted molar refractivity (Wildman–Crippen MR) is 72.1 cm³/mol. The molecule has 0 aliphatic heterocycles. The van der Waals surface area contributed by atoms with Gasteiger partial charge in [0.25, 0.3) is 0 Å². The third-order valence-corrected chi connectivity index (χ3v) is 2.85. The zero-order valence-corrected chi connectivity index (χ0v) is 11.0. The molecule has 0 aromatic heterocycles. The van der Waals surface area contributed by atoms with Crippen LogP contribution in [0.3, 0.4) is 0 Å². The first-order valence-corrected chi connectivity index (χ1v) is 6.36. The van der Waals surface area contributed by atoms with Gasteiger partial charge >= 0.3 is 0 Å². The van der Waals surface area contributed by atoms with Crippen molar-refractivity contribution in [2.24, 2.45) is 5.92 Å². The first-order chi connectivity index (χ1) is 8.69. The van der Waals surface area contributed by atoms with E-state index in [0.29, 0.717) is 6.54 Å². The summed E-state index contributed by atoms with van der Waals surface area (Å²) >= 11 is 0. The molecular formula is C14H22N2O2. The van der Waals surface area contributed by atoms with E-state index in [9.17, 15) is 9.90 Å². The molecule has 1 amide bonds. The van der Waals surface area contributed by atoms with E-state index >= 15 is 0 Å². The van der Waals surface area contributed by atoms with Gasteiger partial charge < -0.3 is 15.7 Å². The summed E-state index contributed by atoms with van der Waals surface area (Å²) in [5.74, 6) is -0.151. The number of carbonyl (C=O) groups excluding carboxylic acids is 1. The highest BCUT2D eigenvalue weighted by molar-refractivity contribution is 5.79. The smallest absolute Gasteiger partial charge is 0.224 e. The molecule has 4 nitrogen and oxygen atoms in total. The molecule has 0 heterocycles. The lowest BCUT2D eigenvalue weighted by Gasteiger charge is -2.19. The summed E-state index contributed by atoms with van der Waals surface area (Å²) < 4.78 is 0. The van der Waals surface area contributed by atoms with Crippen LogP contribution in [0.4, 0.5) is 0 Å². The van der Waals surface area contributed by atoms with Gasteiger partial charge in [0.2, 0.25) is 5.91 Å². The summed E-state index contributed by atoms with van der Waals surface area (Å²) in [7, 11) is 0. The molecule has 0 spiro atoms. The molecule has 0 saturated carbocycles. The first kappa shape index (κ1) is 14.7. The maximum atomic E-state index is 11.9. The largest absolute Gasteiger partial charge is 0.394 e. The van der Waals surface area contributed by atoms with Gasteiger partial charge in [-0.2, -0.15) is 0 Å². The van der Waals surface area contributed by atoms with Crippen LogP contribution in [-0.4, -0.2) is 30.7 Å². The van der Waals surface area contributed by atoms with E-state index in [1.165, 1.54) is 0 Å². The lowest BCUT2D eigenvalue weighted by atomic mass is 10.1. The van der Waals surface area contributed by atoms with E-state index in [2.05, 4.69) is 10.6 Å². The van der Waals surface area contributed by atoms with Crippen molar-refractivity contribution >= 4 is 5.91 Å². The second kappa shape index (κ2) is 7.84. The monoisotopic (exact) mass is 250 g/mol. The van der Waals surface area contributed by atoms with Crippen LogP contribution in [0.25, 0.3) is 0 Å². The summed E-state index contributed by atoms with van der Waals surface area (Å²) in [6, 6.07) is 9.17. The highest BCUT2D eigenvalue weighted by atomic mass is 16.3. The fraction of sp³-hybridized carbons (Fsp3) is 0.500. The Morgan fingerprint density at radius 2 is 2.00 bits per heavy atom. The van der Waals surface area contributed by atoms with Crippen molar-refractivity contribution in [1.29, 1.82) is 0 Å². The maximum Gasteiger partial charge on any atom is 0.224 e. The number of hydrogen-bond acceptors (Lipinski definition) is 3. The fourth-order valence-electron chi connectivity index (χ4n) is 1.69. The Morgan fingerprint density at radius 3 is 2.56 bits per heavy atom. The molecule has 0 saturated heterocycles. The van der Waals surface area contributed by atoms with Crippen LogP contribution in [0.2, 0.25) is 0 Å². The first-order valence-electron chi connectivity index (χ1n) is 6.36. The molecular weight excluding hydrogens is 228 g/mol. The molecule has 18 heavy (non-hydrogen) atoms. The van der Waals surface area contributed by atoms with Gasteiger partial charge in [-0.3, -0.25) is 4.79 Å². The summed E-state index contributed by atoms with van der Waals surface area (Å²) in [4.78, 5) is 11.9. The molecule has 0 radical (unpaired) electrons. The van der Waals surface area contributed by atoms with Gasteiger partial charge in [-0.05, 0) is 12.1 Å². The third-order valence-electron chi connectivity index (χ3n) is 2.85. The molecule has 100 valence electrons. The van der Waals surface area contributed by atoms with Gasteiger partial charge in [0, 0.05) is 12.5 Å². The van der Waals surface area contributed by atoms with Gasteiger partial charge in [0.15, 0.2) is 0 Å². The zero-order valence-electron chi connectivity index (χ0n) is 11.0. The van der Waals surface area contributed by atoms with E-state index < -0.39 is 0 Å². The summed E-state index contributed by atoms with van der Waals surface area (Å²) in [6.07, 6.45) is 0. The summed E-state index contributed by atoms with van der Waals surface area (Å²) in [5.41, 5.74) is 0.920. The second-order valence-electron chi connectivity index (χ2n) is 4.36. The SMILES string of the molecule is CCNCC(C)C(=O)NC(CO)c1ccccc1. The third kappa shape index (κ3) is 4.47. The van der Waals surface area contributed by atoms with Crippen molar-refractivity contribution in [2.45, 2.75) is 19.9 Å². The van der Waals surface area contributed by atoms with Crippen molar-refractivity contribution in [3.63, 3.8) is 0 Å². The van der Waals surface area contributed by atoms with Crippen molar-refractivity contribution in [2.75, 3.05) is 19.7 Å². The predicted octanol–water partition coefficient (Wildman–Crippen LogP) is 1.08. The molecule has 0 aliphatic carbocycles. The van der Waals surface area contributed by atoms with Gasteiger partial charge in [0.1, 0.15) is 0 Å². The molecule has 1 aromatic carbocycles. The Morgan fingerprint density at radius 1 is 1.33 bits per heavy atom. The number of rotatable bonds is 7. The minimum Gasteiger partial charge on any atom is -0.394 e. The second-order valence-corrected chi connectivity index (χ2v) is 4.36. The number of nitrogens with one attached hydrogen (secondary N) is 2. The molecule has 0 fully saturated rings. The lowest BCUT2D eigenvalue weighted by Crippen LogP contribution is -2.38. The summed E-state index contributed by atoms with van der Waals surface area (Å²) in [5, 5.41) is 15.4. The Kier molecular flexibility index (Phi) is 6.39. The van der Waals surface area contributed by atoms with E-state index in [0.717, 1.165) is 12.1 Å². The molecule has 3 N–H and O–H groups in total. The van der Waals surface area contributed by atoms with Gasteiger partial charge in [-0.1, -0.05) is 44.2 Å². The molecule has 0 aliphatic rings. The minimum atomic E-state index is -0.331. The highest BCUT2D eigenvalue weighted by Crippen LogP contribution is 2.12. The minimum absolute atomic E-state index is 0.0427. The summed E-state index contributed by atoms with van der Waals surface area (Å²) in [6.45, 7) is 5.28. The zero-order chi connectivity index (χ0) is 13.4. The Hall–Kier alpha value is -1.39. The van der Waals surface area contributed by atoms with Crippen LogP contribution in [0.1, 0.15) is 25.5 Å². The number of aliphatic hydroxyl groups excluding tert-OH is 1. The molecule has 2 unspecified atom stereocenters. The van der Waals surface area contributed by atoms with Crippen molar-refractivity contribution in [3.8, 4) is 0 Å². The highest BCUT2D eigenvalue weighted by Gasteiger charge is 2.17. The lowest BCUT2D eigenvalue weighted by molar-refractivity contribution is -0.125. The average Bonchev–Trinajstić information content (AvgIpc) is 2.42. The number of amides is 1. The molecule has 1 rings (SSSR count). The van der Waals surface area contributed by atoms with Crippen LogP contribution in [-0.2, 0) is 4.79 Å². The van der Waals surface area contributed by atoms with Crippen molar-refractivity contribution in [3.05, 3.63) is 35.9 Å². The Balaban J connectivity index is 2.56. The van der Waals surface area contributed by atoms with Crippen LogP contribution < -0.4 is 10.6 Å². The quantitative estimate of drug-likeness (QED) is 0.678. The van der Waals surface area contributed by atoms with E-state index in [4.69, 9.17) is 0 Å². The van der Waals surface area contributed by atoms with Crippen LogP contribution >= 0.6 is 0 Å². The van der Waals surface area contributed by atoms with E-state index in [-0.39, 0.29) is 24.5 Å². The molecule has 2 atom stereocenters. The van der Waals surface area contributed by atoms with Crippen LogP contribution in [0.5, 0.6) is 0 Å². The maximum absolute atomic E-state index is 11.9. The number of carbonyl (C=O) groups is 1. The number of hydrogen-bond donors (Lipinski definition) is 3. The normalized spacial score (nSPS) is 13.9. The van der Waals surface area contributed by atoms with Crippen LogP contribution in [0, 0.1) is 5.92 Å². The van der Waals surface area contributed by atoms with Gasteiger partial charge in [-0.15, -0.1) is 0 Å². The van der Waals surface area contributed by atoms with Gasteiger partial charge in [0.05, 0.1) is 12.6 Å².